The van der Waals surface area contributed by atoms with E-state index in [2.05, 4.69) is 16.4 Å². The lowest BCUT2D eigenvalue weighted by Gasteiger charge is -1.89. The van der Waals surface area contributed by atoms with E-state index in [1.807, 2.05) is 36.4 Å². The van der Waals surface area contributed by atoms with Crippen molar-refractivity contribution in [1.82, 2.24) is 0 Å². The van der Waals surface area contributed by atoms with Crippen molar-refractivity contribution in [3.63, 3.8) is 0 Å². The molecule has 0 fully saturated rings. The summed E-state index contributed by atoms with van der Waals surface area (Å²) in [4.78, 5) is 0. The van der Waals surface area contributed by atoms with Crippen LogP contribution in [0.3, 0.4) is 0 Å². The number of unbranched alkanes of at least 4 members (excludes halogenated alkanes) is 1. The Balaban J connectivity index is 0.000000202. The zero-order valence-corrected chi connectivity index (χ0v) is 8.73. The molecule has 0 saturated heterocycles. The van der Waals surface area contributed by atoms with Gasteiger partial charge in [-0.05, 0) is 6.42 Å². The van der Waals surface area contributed by atoms with E-state index in [0.29, 0.717) is 0 Å². The fraction of sp³-hybridized carbons (Fsp3) is 0.400. The van der Waals surface area contributed by atoms with Gasteiger partial charge in [-0.3, -0.25) is 0 Å². The third kappa shape index (κ3) is 9.61. The molecule has 0 aliphatic carbocycles. The highest BCUT2D eigenvalue weighted by molar-refractivity contribution is 7.09. The fourth-order valence-electron chi connectivity index (χ4n) is 0.613. The Bertz CT molecular complexity index is 122. The zero-order valence-electron chi connectivity index (χ0n) is 7.57. The summed E-state index contributed by atoms with van der Waals surface area (Å²) in [6.45, 7) is 3.02. The van der Waals surface area contributed by atoms with Crippen LogP contribution in [0.15, 0.2) is 36.4 Å². The van der Waals surface area contributed by atoms with E-state index in [0.717, 1.165) is 6.61 Å². The minimum absolute atomic E-state index is 0.876. The van der Waals surface area contributed by atoms with Crippen molar-refractivity contribution in [1.29, 1.82) is 0 Å². The Morgan fingerprint density at radius 2 is 1.42 bits per heavy atom. The molecular weight excluding hydrogens is 167 g/mol. The zero-order chi connectivity index (χ0) is 9.07. The lowest BCUT2D eigenvalue weighted by Crippen LogP contribution is -1.78. The lowest BCUT2D eigenvalue weighted by atomic mass is 10.4. The van der Waals surface area contributed by atoms with Crippen molar-refractivity contribution in [3.8, 4) is 0 Å². The van der Waals surface area contributed by atoms with Gasteiger partial charge in [-0.2, -0.15) is 0 Å². The van der Waals surface area contributed by atoms with Crippen LogP contribution in [0.1, 0.15) is 19.8 Å². The second-order valence-corrected chi connectivity index (χ2v) is 2.71. The third-order valence-corrected chi connectivity index (χ3v) is 1.52. The predicted octanol–water partition coefficient (Wildman–Crippen LogP) is 3.28. The molecule has 0 aliphatic heterocycles. The van der Waals surface area contributed by atoms with Crippen molar-refractivity contribution in [2.24, 2.45) is 0 Å². The van der Waals surface area contributed by atoms with Gasteiger partial charge in [0.05, 0.1) is 6.61 Å². The van der Waals surface area contributed by atoms with Gasteiger partial charge in [-0.1, -0.05) is 49.7 Å². The standard InChI is InChI=1S/C6H6.C4H11OP/c1-2-4-6-5-3-1;1-2-3-4-5-6/h1-6H;2-4,6H2,1H3. The molecule has 0 spiro atoms. The summed E-state index contributed by atoms with van der Waals surface area (Å²) < 4.78 is 4.70. The maximum atomic E-state index is 4.70. The minimum Gasteiger partial charge on any atom is -0.366 e. The Hall–Kier alpha value is -0.390. The fourth-order valence-corrected chi connectivity index (χ4v) is 0.779. The first-order chi connectivity index (χ1) is 5.91. The molecule has 1 aromatic rings. The normalized spacial score (nSPS) is 8.50. The van der Waals surface area contributed by atoms with Crippen LogP contribution in [0, 0.1) is 0 Å². The third-order valence-electron chi connectivity index (χ3n) is 1.28. The molecule has 0 heterocycles. The van der Waals surface area contributed by atoms with Crippen molar-refractivity contribution in [2.45, 2.75) is 19.8 Å². The molecule has 0 N–H and O–H groups in total. The van der Waals surface area contributed by atoms with Gasteiger partial charge in [-0.25, -0.2) is 0 Å². The first-order valence-electron chi connectivity index (χ1n) is 4.23. The molecule has 12 heavy (non-hydrogen) atoms. The van der Waals surface area contributed by atoms with E-state index in [1.165, 1.54) is 12.8 Å². The Kier molecular flexibility index (Phi) is 10.3. The molecule has 0 amide bonds. The molecule has 0 bridgehead atoms. The van der Waals surface area contributed by atoms with E-state index >= 15 is 0 Å². The van der Waals surface area contributed by atoms with Gasteiger partial charge < -0.3 is 4.52 Å². The van der Waals surface area contributed by atoms with Crippen LogP contribution in [0.25, 0.3) is 0 Å². The highest BCUT2D eigenvalue weighted by Crippen LogP contribution is 1.90. The molecule has 2 heteroatoms. The molecule has 0 saturated carbocycles. The van der Waals surface area contributed by atoms with Crippen LogP contribution in [0.2, 0.25) is 0 Å². The molecule has 0 aromatic heterocycles. The van der Waals surface area contributed by atoms with Crippen LogP contribution in [-0.4, -0.2) is 6.61 Å². The largest absolute Gasteiger partial charge is 0.366 e. The van der Waals surface area contributed by atoms with Crippen molar-refractivity contribution in [2.75, 3.05) is 6.61 Å². The monoisotopic (exact) mass is 184 g/mol. The molecule has 1 atom stereocenters. The Labute approximate surface area is 77.4 Å². The highest BCUT2D eigenvalue weighted by atomic mass is 31.0. The average molecular weight is 184 g/mol. The second-order valence-electron chi connectivity index (χ2n) is 2.38. The molecule has 68 valence electrons. The first kappa shape index (κ1) is 11.6. The maximum Gasteiger partial charge on any atom is 0.0501 e. The van der Waals surface area contributed by atoms with E-state index < -0.39 is 0 Å². The summed E-state index contributed by atoms with van der Waals surface area (Å²) in [5.74, 6) is 0. The summed E-state index contributed by atoms with van der Waals surface area (Å²) in [6.07, 6.45) is 2.39. The minimum atomic E-state index is 0.876. The van der Waals surface area contributed by atoms with Gasteiger partial charge in [0.15, 0.2) is 0 Å². The molecule has 0 aliphatic rings. The van der Waals surface area contributed by atoms with E-state index in [9.17, 15) is 0 Å². The summed E-state index contributed by atoms with van der Waals surface area (Å²) in [5.41, 5.74) is 0. The number of rotatable bonds is 3. The number of hydrogen-bond donors (Lipinski definition) is 0. The predicted molar refractivity (Wildman–Crippen MR) is 57.0 cm³/mol. The SMILES string of the molecule is CCCCOP.c1ccccc1. The quantitative estimate of drug-likeness (QED) is 0.517. The summed E-state index contributed by atoms with van der Waals surface area (Å²) in [7, 11) is 2.23. The van der Waals surface area contributed by atoms with Gasteiger partial charge in [-0.15, -0.1) is 0 Å². The molecule has 1 unspecified atom stereocenters. The van der Waals surface area contributed by atoms with Gasteiger partial charge in [0.2, 0.25) is 0 Å². The van der Waals surface area contributed by atoms with E-state index in [-0.39, 0.29) is 0 Å². The summed E-state index contributed by atoms with van der Waals surface area (Å²) >= 11 is 0. The Morgan fingerprint density at radius 1 is 1.00 bits per heavy atom. The van der Waals surface area contributed by atoms with Gasteiger partial charge in [0, 0.05) is 9.47 Å². The van der Waals surface area contributed by atoms with Crippen LogP contribution in [0.5, 0.6) is 0 Å². The van der Waals surface area contributed by atoms with Crippen LogP contribution in [0.4, 0.5) is 0 Å². The molecule has 1 aromatic carbocycles. The Morgan fingerprint density at radius 3 is 1.58 bits per heavy atom. The smallest absolute Gasteiger partial charge is 0.0501 e. The van der Waals surface area contributed by atoms with Crippen molar-refractivity contribution < 1.29 is 4.52 Å². The van der Waals surface area contributed by atoms with Crippen LogP contribution >= 0.6 is 9.47 Å². The number of benzene rings is 1. The average Bonchev–Trinajstić information content (AvgIpc) is 2.18. The van der Waals surface area contributed by atoms with Gasteiger partial charge >= 0.3 is 0 Å². The topological polar surface area (TPSA) is 9.23 Å². The molecule has 0 radical (unpaired) electrons. The second kappa shape index (κ2) is 10.6. The van der Waals surface area contributed by atoms with Gasteiger partial charge in [0.1, 0.15) is 0 Å². The van der Waals surface area contributed by atoms with Crippen molar-refractivity contribution in [3.05, 3.63) is 36.4 Å². The van der Waals surface area contributed by atoms with E-state index in [4.69, 9.17) is 4.52 Å². The molecule has 1 rings (SSSR count). The first-order valence-corrected chi connectivity index (χ1v) is 4.70. The highest BCUT2D eigenvalue weighted by Gasteiger charge is 1.74. The van der Waals surface area contributed by atoms with Gasteiger partial charge in [0.25, 0.3) is 0 Å². The summed E-state index contributed by atoms with van der Waals surface area (Å²) in [5, 5.41) is 0. The maximum absolute atomic E-state index is 4.70. The van der Waals surface area contributed by atoms with Crippen LogP contribution < -0.4 is 0 Å². The molecule has 1 nitrogen and oxygen atoms in total. The van der Waals surface area contributed by atoms with Crippen molar-refractivity contribution >= 4 is 9.47 Å². The lowest BCUT2D eigenvalue weighted by molar-refractivity contribution is 0.360. The van der Waals surface area contributed by atoms with E-state index in [1.54, 1.807) is 0 Å². The van der Waals surface area contributed by atoms with Crippen LogP contribution in [-0.2, 0) is 4.52 Å². The number of hydrogen-bond acceptors (Lipinski definition) is 1. The summed E-state index contributed by atoms with van der Waals surface area (Å²) in [6, 6.07) is 12.0. The molecular formula is C10H17OP.